The van der Waals surface area contributed by atoms with E-state index < -0.39 is 0 Å². The Balaban J connectivity index is 2.28. The van der Waals surface area contributed by atoms with Crippen LogP contribution in [0.15, 0.2) is 51.4 Å². The topological polar surface area (TPSA) is 49.3 Å². The molecule has 0 saturated carbocycles. The van der Waals surface area contributed by atoms with Gasteiger partial charge in [0.1, 0.15) is 5.75 Å². The van der Waals surface area contributed by atoms with Gasteiger partial charge in [0, 0.05) is 8.95 Å². The second kappa shape index (κ2) is 5.54. The van der Waals surface area contributed by atoms with E-state index in [1.807, 2.05) is 18.2 Å². The Morgan fingerprint density at radius 2 is 1.83 bits per heavy atom. The third kappa shape index (κ3) is 2.91. The summed E-state index contributed by atoms with van der Waals surface area (Å²) in [6.45, 7) is 0. The average Bonchev–Trinajstić information content (AvgIpc) is 2.35. The molecule has 0 bridgehead atoms. The number of aromatic hydroxyl groups is 1. The maximum absolute atomic E-state index is 12.0. The maximum Gasteiger partial charge on any atom is 0.259 e. The van der Waals surface area contributed by atoms with Crippen LogP contribution in [0.4, 0.5) is 5.69 Å². The van der Waals surface area contributed by atoms with Crippen molar-refractivity contribution in [2.24, 2.45) is 0 Å². The molecule has 0 radical (unpaired) electrons. The molecule has 0 saturated heterocycles. The van der Waals surface area contributed by atoms with Gasteiger partial charge in [-0.1, -0.05) is 28.1 Å². The lowest BCUT2D eigenvalue weighted by Crippen LogP contribution is -2.12. The van der Waals surface area contributed by atoms with Gasteiger partial charge < -0.3 is 10.4 Å². The van der Waals surface area contributed by atoms with Gasteiger partial charge in [0.25, 0.3) is 5.91 Å². The summed E-state index contributed by atoms with van der Waals surface area (Å²) in [6.07, 6.45) is 0. The van der Waals surface area contributed by atoms with Gasteiger partial charge in [0.2, 0.25) is 0 Å². The first-order chi connectivity index (χ1) is 8.58. The number of halogens is 2. The molecule has 0 unspecified atom stereocenters. The molecule has 2 rings (SSSR count). The molecular formula is C13H9Br2NO2. The van der Waals surface area contributed by atoms with Crippen molar-refractivity contribution in [3.05, 3.63) is 57.0 Å². The minimum atomic E-state index is -0.360. The largest absolute Gasteiger partial charge is 0.507 e. The van der Waals surface area contributed by atoms with E-state index in [1.165, 1.54) is 6.07 Å². The smallest absolute Gasteiger partial charge is 0.259 e. The molecule has 0 spiro atoms. The fourth-order valence-corrected chi connectivity index (χ4v) is 2.19. The number of anilines is 1. The zero-order valence-electron chi connectivity index (χ0n) is 9.15. The number of rotatable bonds is 2. The SMILES string of the molecule is O=C(Nc1ccccc1Br)c1cc(Br)ccc1O. The van der Waals surface area contributed by atoms with Crippen molar-refractivity contribution in [3.8, 4) is 5.75 Å². The quantitative estimate of drug-likeness (QED) is 0.833. The van der Waals surface area contributed by atoms with Gasteiger partial charge in [-0.2, -0.15) is 0 Å². The molecular weight excluding hydrogens is 362 g/mol. The molecule has 0 aliphatic rings. The number of phenols is 1. The second-order valence-electron chi connectivity index (χ2n) is 3.60. The van der Waals surface area contributed by atoms with Crippen molar-refractivity contribution in [2.45, 2.75) is 0 Å². The van der Waals surface area contributed by atoms with Crippen LogP contribution >= 0.6 is 31.9 Å². The maximum atomic E-state index is 12.0. The molecule has 92 valence electrons. The minimum absolute atomic E-state index is 0.0530. The summed E-state index contributed by atoms with van der Waals surface area (Å²) in [7, 11) is 0. The Morgan fingerprint density at radius 1 is 1.11 bits per heavy atom. The normalized spacial score (nSPS) is 10.1. The summed E-state index contributed by atoms with van der Waals surface area (Å²) < 4.78 is 1.52. The van der Waals surface area contributed by atoms with Crippen LogP contribution in [0.5, 0.6) is 5.75 Å². The fraction of sp³-hybridized carbons (Fsp3) is 0. The second-order valence-corrected chi connectivity index (χ2v) is 5.37. The minimum Gasteiger partial charge on any atom is -0.507 e. The summed E-state index contributed by atoms with van der Waals surface area (Å²) in [6, 6.07) is 12.0. The number of hydrogen-bond donors (Lipinski definition) is 2. The first kappa shape index (κ1) is 13.1. The average molecular weight is 371 g/mol. The fourth-order valence-electron chi connectivity index (χ4n) is 1.44. The Morgan fingerprint density at radius 3 is 2.56 bits per heavy atom. The van der Waals surface area contributed by atoms with Crippen LogP contribution in [0.3, 0.4) is 0 Å². The van der Waals surface area contributed by atoms with E-state index in [4.69, 9.17) is 0 Å². The molecule has 0 aliphatic carbocycles. The van der Waals surface area contributed by atoms with E-state index in [-0.39, 0.29) is 17.2 Å². The zero-order chi connectivity index (χ0) is 13.1. The molecule has 5 heteroatoms. The number of carbonyl (C=O) groups is 1. The highest BCUT2D eigenvalue weighted by Gasteiger charge is 2.12. The van der Waals surface area contributed by atoms with Crippen molar-refractivity contribution < 1.29 is 9.90 Å². The third-order valence-corrected chi connectivity index (χ3v) is 3.51. The molecule has 2 aromatic rings. The van der Waals surface area contributed by atoms with Gasteiger partial charge in [0.15, 0.2) is 0 Å². The molecule has 0 fully saturated rings. The van der Waals surface area contributed by atoms with Gasteiger partial charge in [-0.15, -0.1) is 0 Å². The number of para-hydroxylation sites is 1. The van der Waals surface area contributed by atoms with Crippen molar-refractivity contribution in [1.82, 2.24) is 0 Å². The Labute approximate surface area is 121 Å². The van der Waals surface area contributed by atoms with Crippen LogP contribution in [0.2, 0.25) is 0 Å². The van der Waals surface area contributed by atoms with E-state index in [2.05, 4.69) is 37.2 Å². The summed E-state index contributed by atoms with van der Waals surface area (Å²) in [5.41, 5.74) is 0.877. The van der Waals surface area contributed by atoms with Gasteiger partial charge >= 0.3 is 0 Å². The highest BCUT2D eigenvalue weighted by Crippen LogP contribution is 2.25. The Bertz CT molecular complexity index is 599. The molecule has 18 heavy (non-hydrogen) atoms. The number of nitrogens with one attached hydrogen (secondary N) is 1. The number of carbonyl (C=O) groups excluding carboxylic acids is 1. The molecule has 3 nitrogen and oxygen atoms in total. The van der Waals surface area contributed by atoms with Crippen LogP contribution < -0.4 is 5.32 Å². The predicted molar refractivity (Wildman–Crippen MR) is 77.9 cm³/mol. The van der Waals surface area contributed by atoms with Gasteiger partial charge in [-0.25, -0.2) is 0 Å². The molecule has 2 aromatic carbocycles. The number of amides is 1. The lowest BCUT2D eigenvalue weighted by Gasteiger charge is -2.08. The highest BCUT2D eigenvalue weighted by atomic mass is 79.9. The van der Waals surface area contributed by atoms with Crippen molar-refractivity contribution in [1.29, 1.82) is 0 Å². The highest BCUT2D eigenvalue weighted by molar-refractivity contribution is 9.10. The molecule has 0 atom stereocenters. The van der Waals surface area contributed by atoms with Gasteiger partial charge in [-0.3, -0.25) is 4.79 Å². The monoisotopic (exact) mass is 369 g/mol. The van der Waals surface area contributed by atoms with E-state index in [0.717, 1.165) is 8.95 Å². The van der Waals surface area contributed by atoms with Crippen LogP contribution in [-0.4, -0.2) is 11.0 Å². The molecule has 0 aliphatic heterocycles. The van der Waals surface area contributed by atoms with E-state index in [1.54, 1.807) is 18.2 Å². The van der Waals surface area contributed by atoms with Crippen molar-refractivity contribution in [2.75, 3.05) is 5.32 Å². The van der Waals surface area contributed by atoms with Gasteiger partial charge in [-0.05, 0) is 46.3 Å². The van der Waals surface area contributed by atoms with Crippen LogP contribution in [0.25, 0.3) is 0 Å². The molecule has 0 aromatic heterocycles. The first-order valence-corrected chi connectivity index (χ1v) is 6.71. The summed E-state index contributed by atoms with van der Waals surface area (Å²) in [4.78, 5) is 12.0. The molecule has 0 heterocycles. The Kier molecular flexibility index (Phi) is 4.04. The number of benzene rings is 2. The van der Waals surface area contributed by atoms with Crippen LogP contribution in [-0.2, 0) is 0 Å². The van der Waals surface area contributed by atoms with Crippen molar-refractivity contribution >= 4 is 43.5 Å². The Hall–Kier alpha value is -1.33. The lowest BCUT2D eigenvalue weighted by molar-refractivity contribution is 0.102. The van der Waals surface area contributed by atoms with Crippen LogP contribution in [0, 0.1) is 0 Å². The number of phenolic OH excluding ortho intramolecular Hbond substituents is 1. The van der Waals surface area contributed by atoms with E-state index >= 15 is 0 Å². The number of hydrogen-bond acceptors (Lipinski definition) is 2. The van der Waals surface area contributed by atoms with E-state index in [0.29, 0.717) is 5.69 Å². The van der Waals surface area contributed by atoms with Gasteiger partial charge in [0.05, 0.1) is 11.3 Å². The van der Waals surface area contributed by atoms with Crippen molar-refractivity contribution in [3.63, 3.8) is 0 Å². The molecule has 2 N–H and O–H groups in total. The zero-order valence-corrected chi connectivity index (χ0v) is 12.3. The summed E-state index contributed by atoms with van der Waals surface area (Å²) >= 11 is 6.61. The third-order valence-electron chi connectivity index (χ3n) is 2.33. The lowest BCUT2D eigenvalue weighted by atomic mass is 10.2. The predicted octanol–water partition coefficient (Wildman–Crippen LogP) is 4.17. The summed E-state index contributed by atoms with van der Waals surface area (Å²) in [5.74, 6) is -0.413. The van der Waals surface area contributed by atoms with Crippen LogP contribution in [0.1, 0.15) is 10.4 Å². The molecule has 1 amide bonds. The first-order valence-electron chi connectivity index (χ1n) is 5.12. The standard InChI is InChI=1S/C13H9Br2NO2/c14-8-5-6-12(17)9(7-8)13(18)16-11-4-2-1-3-10(11)15/h1-7,17H,(H,16,18). The summed E-state index contributed by atoms with van der Waals surface area (Å²) in [5, 5.41) is 12.4. The van der Waals surface area contributed by atoms with E-state index in [9.17, 15) is 9.90 Å².